The number of anilines is 1. The van der Waals surface area contributed by atoms with Gasteiger partial charge in [-0.15, -0.1) is 0 Å². The maximum absolute atomic E-state index is 6.04. The van der Waals surface area contributed by atoms with Crippen molar-refractivity contribution in [3.8, 4) is 11.5 Å². The van der Waals surface area contributed by atoms with Crippen molar-refractivity contribution < 1.29 is 4.74 Å². The van der Waals surface area contributed by atoms with Crippen LogP contribution in [-0.2, 0) is 0 Å². The zero-order valence-electron chi connectivity index (χ0n) is 9.21. The van der Waals surface area contributed by atoms with Gasteiger partial charge >= 0.3 is 0 Å². The summed E-state index contributed by atoms with van der Waals surface area (Å²) < 4.78 is 5.66. The molecular weight excluding hydrogens is 257 g/mol. The van der Waals surface area contributed by atoms with Gasteiger partial charge in [-0.1, -0.05) is 35.3 Å². The van der Waals surface area contributed by atoms with Gasteiger partial charge in [-0.05, 0) is 36.8 Å². The number of halogens is 2. The van der Waals surface area contributed by atoms with Gasteiger partial charge in [0.1, 0.15) is 5.75 Å². The molecule has 2 aromatic carbocycles. The zero-order chi connectivity index (χ0) is 12.4. The Morgan fingerprint density at radius 3 is 2.29 bits per heavy atom. The van der Waals surface area contributed by atoms with Crippen molar-refractivity contribution in [2.24, 2.45) is 0 Å². The maximum atomic E-state index is 6.04. The number of benzene rings is 2. The molecule has 0 aliphatic heterocycles. The van der Waals surface area contributed by atoms with Gasteiger partial charge in [0.25, 0.3) is 0 Å². The Bertz CT molecular complexity index is 532. The summed E-state index contributed by atoms with van der Waals surface area (Å²) in [6.45, 7) is 1.99. The Balaban J connectivity index is 2.36. The van der Waals surface area contributed by atoms with E-state index in [-0.39, 0.29) is 0 Å². The molecule has 2 rings (SSSR count). The first-order chi connectivity index (χ1) is 8.06. The Hall–Kier alpha value is -1.38. The van der Waals surface area contributed by atoms with Crippen LogP contribution in [0.15, 0.2) is 36.4 Å². The lowest BCUT2D eigenvalue weighted by Gasteiger charge is -2.10. The van der Waals surface area contributed by atoms with Gasteiger partial charge in [-0.3, -0.25) is 0 Å². The van der Waals surface area contributed by atoms with Crippen LogP contribution in [0.5, 0.6) is 11.5 Å². The van der Waals surface area contributed by atoms with Gasteiger partial charge in [-0.25, -0.2) is 0 Å². The number of hydrogen-bond donors (Lipinski definition) is 1. The van der Waals surface area contributed by atoms with Crippen LogP contribution in [0.3, 0.4) is 0 Å². The quantitative estimate of drug-likeness (QED) is 0.803. The summed E-state index contributed by atoms with van der Waals surface area (Å²) in [5.41, 5.74) is 7.23. The highest BCUT2D eigenvalue weighted by Gasteiger charge is 2.09. The van der Waals surface area contributed by atoms with Crippen molar-refractivity contribution in [3.63, 3.8) is 0 Å². The fourth-order valence-corrected chi connectivity index (χ4v) is 2.05. The van der Waals surface area contributed by atoms with E-state index in [4.69, 9.17) is 33.7 Å². The van der Waals surface area contributed by atoms with Crippen LogP contribution in [-0.4, -0.2) is 0 Å². The van der Waals surface area contributed by atoms with Crippen LogP contribution < -0.4 is 10.5 Å². The highest BCUT2D eigenvalue weighted by molar-refractivity contribution is 6.37. The molecule has 17 heavy (non-hydrogen) atoms. The highest BCUT2D eigenvalue weighted by atomic mass is 35.5. The predicted octanol–water partition coefficient (Wildman–Crippen LogP) is 4.68. The van der Waals surface area contributed by atoms with Crippen molar-refractivity contribution in [3.05, 3.63) is 52.0 Å². The lowest BCUT2D eigenvalue weighted by molar-refractivity contribution is 0.483. The number of nitrogens with two attached hydrogens (primary N) is 1. The molecule has 2 N–H and O–H groups in total. The number of ether oxygens (including phenoxy) is 1. The van der Waals surface area contributed by atoms with E-state index in [0.29, 0.717) is 27.2 Å². The Morgan fingerprint density at radius 1 is 1.06 bits per heavy atom. The van der Waals surface area contributed by atoms with Gasteiger partial charge in [0.2, 0.25) is 0 Å². The lowest BCUT2D eigenvalue weighted by atomic mass is 10.2. The van der Waals surface area contributed by atoms with Gasteiger partial charge in [0, 0.05) is 5.69 Å². The zero-order valence-corrected chi connectivity index (χ0v) is 10.7. The van der Waals surface area contributed by atoms with Crippen molar-refractivity contribution in [1.82, 2.24) is 0 Å². The molecule has 0 aliphatic rings. The molecule has 4 heteroatoms. The second kappa shape index (κ2) is 4.86. The second-order valence-corrected chi connectivity index (χ2v) is 4.55. The average molecular weight is 268 g/mol. The fourth-order valence-electron chi connectivity index (χ4n) is 1.47. The molecule has 0 heterocycles. The molecule has 0 fully saturated rings. The Kier molecular flexibility index (Phi) is 3.46. The summed E-state index contributed by atoms with van der Waals surface area (Å²) >= 11 is 12.1. The van der Waals surface area contributed by atoms with Crippen LogP contribution in [0, 0.1) is 6.92 Å². The maximum Gasteiger partial charge on any atom is 0.164 e. The molecule has 2 nitrogen and oxygen atoms in total. The summed E-state index contributed by atoms with van der Waals surface area (Å²) in [7, 11) is 0. The first-order valence-corrected chi connectivity index (χ1v) is 5.81. The van der Waals surface area contributed by atoms with E-state index >= 15 is 0 Å². The minimum Gasteiger partial charge on any atom is -0.454 e. The number of nitrogen functional groups attached to an aromatic ring is 1. The summed E-state index contributed by atoms with van der Waals surface area (Å²) in [4.78, 5) is 0. The number of aryl methyl sites for hydroxylation is 1. The Morgan fingerprint density at radius 2 is 1.71 bits per heavy atom. The van der Waals surface area contributed by atoms with Crippen molar-refractivity contribution in [1.29, 1.82) is 0 Å². The smallest absolute Gasteiger partial charge is 0.164 e. The standard InChI is InChI=1S/C13H11Cl2NO/c1-8-3-2-4-10(5-8)17-13-11(14)6-9(16)7-12(13)15/h2-7H,16H2,1H3. The molecule has 0 atom stereocenters. The monoisotopic (exact) mass is 267 g/mol. The van der Waals surface area contributed by atoms with Crippen molar-refractivity contribution >= 4 is 28.9 Å². The average Bonchev–Trinajstić information content (AvgIpc) is 2.23. The third-order valence-corrected chi connectivity index (χ3v) is 2.79. The molecule has 0 aliphatic carbocycles. The molecule has 0 radical (unpaired) electrons. The van der Waals surface area contributed by atoms with Crippen LogP contribution in [0.25, 0.3) is 0 Å². The van der Waals surface area contributed by atoms with Crippen LogP contribution in [0.1, 0.15) is 5.56 Å². The van der Waals surface area contributed by atoms with Crippen LogP contribution in [0.2, 0.25) is 10.0 Å². The first kappa shape index (κ1) is 12.1. The van der Waals surface area contributed by atoms with Gasteiger partial charge in [-0.2, -0.15) is 0 Å². The van der Waals surface area contributed by atoms with Gasteiger partial charge in [0.15, 0.2) is 5.75 Å². The normalized spacial score (nSPS) is 10.3. The first-order valence-electron chi connectivity index (χ1n) is 5.05. The largest absolute Gasteiger partial charge is 0.454 e. The van der Waals surface area contributed by atoms with Crippen LogP contribution >= 0.6 is 23.2 Å². The SMILES string of the molecule is Cc1cccc(Oc2c(Cl)cc(N)cc2Cl)c1. The molecule has 0 saturated carbocycles. The number of rotatable bonds is 2. The third kappa shape index (κ3) is 2.84. The van der Waals surface area contributed by atoms with E-state index in [1.807, 2.05) is 31.2 Å². The molecule has 0 saturated heterocycles. The topological polar surface area (TPSA) is 35.2 Å². The minimum atomic E-state index is 0.400. The van der Waals surface area contributed by atoms with E-state index in [2.05, 4.69) is 0 Å². The van der Waals surface area contributed by atoms with Gasteiger partial charge < -0.3 is 10.5 Å². The highest BCUT2D eigenvalue weighted by Crippen LogP contribution is 2.38. The van der Waals surface area contributed by atoms with Gasteiger partial charge in [0.05, 0.1) is 10.0 Å². The summed E-state index contributed by atoms with van der Waals surface area (Å²) in [5, 5.41) is 0.799. The van der Waals surface area contributed by atoms with Crippen molar-refractivity contribution in [2.45, 2.75) is 6.92 Å². The molecule has 88 valence electrons. The van der Waals surface area contributed by atoms with Crippen LogP contribution in [0.4, 0.5) is 5.69 Å². The molecule has 0 spiro atoms. The fraction of sp³-hybridized carbons (Fsp3) is 0.0769. The molecule has 0 aromatic heterocycles. The third-order valence-electron chi connectivity index (χ3n) is 2.23. The van der Waals surface area contributed by atoms with Crippen molar-refractivity contribution in [2.75, 3.05) is 5.73 Å². The summed E-state index contributed by atoms with van der Waals surface area (Å²) in [6, 6.07) is 10.9. The van der Waals surface area contributed by atoms with E-state index in [9.17, 15) is 0 Å². The number of hydrogen-bond acceptors (Lipinski definition) is 2. The Labute approximate surface area is 110 Å². The van der Waals surface area contributed by atoms with E-state index in [1.54, 1.807) is 12.1 Å². The lowest BCUT2D eigenvalue weighted by Crippen LogP contribution is -1.90. The molecule has 0 unspecified atom stereocenters. The summed E-state index contributed by atoms with van der Waals surface area (Å²) in [6.07, 6.45) is 0. The molecule has 0 bridgehead atoms. The molecular formula is C13H11Cl2NO. The van der Waals surface area contributed by atoms with E-state index in [0.717, 1.165) is 5.56 Å². The predicted molar refractivity (Wildman–Crippen MR) is 72.1 cm³/mol. The molecule has 2 aromatic rings. The van der Waals surface area contributed by atoms with E-state index < -0.39 is 0 Å². The second-order valence-electron chi connectivity index (χ2n) is 3.73. The summed E-state index contributed by atoms with van der Waals surface area (Å²) in [5.74, 6) is 1.12. The molecule has 0 amide bonds. The van der Waals surface area contributed by atoms with E-state index in [1.165, 1.54) is 0 Å². The minimum absolute atomic E-state index is 0.400.